The van der Waals surface area contributed by atoms with Gasteiger partial charge in [0.15, 0.2) is 0 Å². The van der Waals surface area contributed by atoms with Crippen LogP contribution in [-0.2, 0) is 14.3 Å². The highest BCUT2D eigenvalue weighted by Gasteiger charge is 2.38. The Kier molecular flexibility index (Phi) is 8.07. The molecular formula is C20H36O5. The molecule has 1 aliphatic heterocycles. The number of rotatable bonds is 1. The molecule has 1 aliphatic rings. The van der Waals surface area contributed by atoms with Crippen molar-refractivity contribution in [2.24, 2.45) is 23.7 Å². The second-order valence-corrected chi connectivity index (χ2v) is 8.39. The van der Waals surface area contributed by atoms with Crippen LogP contribution in [0, 0.1) is 23.7 Å². The Bertz CT molecular complexity index is 459. The standard InChI is InChI=1S/C20H36O5/c1-7-17-20(6,24)9-8-16(21)13(3)10-12(2)11-14(4)18(22)15(5)19(23)25-17/h12-15,17-18,22,24H,7-11H2,1-6H3/t12-,13+,14+,15+,17?,18-,20-/m0/s1. The third kappa shape index (κ3) is 6.07. The van der Waals surface area contributed by atoms with Gasteiger partial charge >= 0.3 is 5.97 Å². The van der Waals surface area contributed by atoms with E-state index in [2.05, 4.69) is 6.92 Å². The average Bonchev–Trinajstić information content (AvgIpc) is 2.54. The number of ketones is 1. The molecular weight excluding hydrogens is 320 g/mol. The molecule has 0 aliphatic carbocycles. The Morgan fingerprint density at radius 3 is 2.32 bits per heavy atom. The summed E-state index contributed by atoms with van der Waals surface area (Å²) >= 11 is 0. The molecule has 0 aromatic rings. The summed E-state index contributed by atoms with van der Waals surface area (Å²) in [5.41, 5.74) is -1.26. The number of ether oxygens (including phenoxy) is 1. The summed E-state index contributed by atoms with van der Waals surface area (Å²) < 4.78 is 5.52. The fraction of sp³-hybridized carbons (Fsp3) is 0.900. The van der Waals surface area contributed by atoms with Crippen molar-refractivity contribution in [1.29, 1.82) is 0 Å². The number of carbonyl (C=O) groups excluding carboxylic acids is 2. The topological polar surface area (TPSA) is 83.8 Å². The SMILES string of the molecule is CCC1OC(=O)[C@H](C)[C@@H](O)[C@H](C)C[C@@H](C)C[C@@H](C)C(=O)CC[C@]1(C)O. The number of Topliss-reactive ketones (excluding diaryl/α,β-unsaturated/α-hetero) is 1. The van der Waals surface area contributed by atoms with Crippen molar-refractivity contribution < 1.29 is 24.5 Å². The molecule has 25 heavy (non-hydrogen) atoms. The maximum Gasteiger partial charge on any atom is 0.311 e. The summed E-state index contributed by atoms with van der Waals surface area (Å²) in [4.78, 5) is 24.8. The van der Waals surface area contributed by atoms with E-state index in [0.29, 0.717) is 6.42 Å². The van der Waals surface area contributed by atoms with E-state index in [4.69, 9.17) is 4.74 Å². The lowest BCUT2D eigenvalue weighted by Crippen LogP contribution is -2.45. The van der Waals surface area contributed by atoms with E-state index in [1.54, 1.807) is 13.8 Å². The number of cyclic esters (lactones) is 1. The van der Waals surface area contributed by atoms with Crippen LogP contribution in [0.15, 0.2) is 0 Å². The number of aliphatic hydroxyl groups is 2. The number of carbonyl (C=O) groups is 2. The molecule has 1 heterocycles. The molecule has 0 spiro atoms. The van der Waals surface area contributed by atoms with Crippen molar-refractivity contribution >= 4 is 11.8 Å². The minimum Gasteiger partial charge on any atom is -0.459 e. The van der Waals surface area contributed by atoms with Gasteiger partial charge in [-0.15, -0.1) is 0 Å². The Morgan fingerprint density at radius 1 is 1.16 bits per heavy atom. The highest BCUT2D eigenvalue weighted by atomic mass is 16.6. The van der Waals surface area contributed by atoms with Gasteiger partial charge in [0, 0.05) is 12.3 Å². The van der Waals surface area contributed by atoms with Gasteiger partial charge in [-0.1, -0.05) is 27.7 Å². The summed E-state index contributed by atoms with van der Waals surface area (Å²) in [6.45, 7) is 11.1. The zero-order valence-electron chi connectivity index (χ0n) is 16.6. The lowest BCUT2D eigenvalue weighted by molar-refractivity contribution is -0.174. The molecule has 0 aromatic carbocycles. The number of esters is 1. The van der Waals surface area contributed by atoms with Crippen LogP contribution in [0.2, 0.25) is 0 Å². The summed E-state index contributed by atoms with van der Waals surface area (Å²) in [7, 11) is 0. The van der Waals surface area contributed by atoms with E-state index < -0.39 is 29.7 Å². The molecule has 2 N–H and O–H groups in total. The molecule has 1 rings (SSSR count). The van der Waals surface area contributed by atoms with E-state index >= 15 is 0 Å². The van der Waals surface area contributed by atoms with Crippen molar-refractivity contribution in [3.63, 3.8) is 0 Å². The minimum atomic E-state index is -1.26. The zero-order chi connectivity index (χ0) is 19.4. The molecule has 1 saturated heterocycles. The van der Waals surface area contributed by atoms with Gasteiger partial charge in [-0.25, -0.2) is 0 Å². The molecule has 0 radical (unpaired) electrons. The molecule has 1 fully saturated rings. The van der Waals surface area contributed by atoms with Gasteiger partial charge < -0.3 is 14.9 Å². The molecule has 5 nitrogen and oxygen atoms in total. The monoisotopic (exact) mass is 356 g/mol. The lowest BCUT2D eigenvalue weighted by atomic mass is 9.81. The van der Waals surface area contributed by atoms with Gasteiger partial charge in [-0.3, -0.25) is 9.59 Å². The molecule has 7 atom stereocenters. The predicted molar refractivity (Wildman–Crippen MR) is 96.9 cm³/mol. The summed E-state index contributed by atoms with van der Waals surface area (Å²) in [6, 6.07) is 0. The van der Waals surface area contributed by atoms with Crippen molar-refractivity contribution in [1.82, 2.24) is 0 Å². The molecule has 0 bridgehead atoms. The van der Waals surface area contributed by atoms with Crippen LogP contribution < -0.4 is 0 Å². The van der Waals surface area contributed by atoms with Gasteiger partial charge in [0.05, 0.1) is 17.6 Å². The molecule has 0 aromatic heterocycles. The predicted octanol–water partition coefficient (Wildman–Crippen LogP) is 3.11. The van der Waals surface area contributed by atoms with Crippen LogP contribution in [0.25, 0.3) is 0 Å². The van der Waals surface area contributed by atoms with Crippen LogP contribution in [0.3, 0.4) is 0 Å². The maximum atomic E-state index is 12.4. The second kappa shape index (κ2) is 9.13. The van der Waals surface area contributed by atoms with Gasteiger partial charge in [-0.2, -0.15) is 0 Å². The van der Waals surface area contributed by atoms with Crippen molar-refractivity contribution in [2.45, 2.75) is 91.5 Å². The van der Waals surface area contributed by atoms with E-state index in [-0.39, 0.29) is 36.4 Å². The fourth-order valence-electron chi connectivity index (χ4n) is 3.92. The third-order valence-electron chi connectivity index (χ3n) is 5.75. The first-order valence-corrected chi connectivity index (χ1v) is 9.63. The van der Waals surface area contributed by atoms with Crippen LogP contribution in [0.1, 0.15) is 73.6 Å². The minimum absolute atomic E-state index is 0.0663. The Balaban J connectivity index is 3.05. The van der Waals surface area contributed by atoms with Gasteiger partial charge in [0.1, 0.15) is 11.9 Å². The van der Waals surface area contributed by atoms with Gasteiger partial charge in [0.25, 0.3) is 0 Å². The number of hydrogen-bond acceptors (Lipinski definition) is 5. The van der Waals surface area contributed by atoms with Gasteiger partial charge in [-0.05, 0) is 51.4 Å². The first kappa shape index (κ1) is 22.1. The first-order valence-electron chi connectivity index (χ1n) is 9.63. The highest BCUT2D eigenvalue weighted by Crippen LogP contribution is 2.30. The van der Waals surface area contributed by atoms with Crippen LogP contribution in [-0.4, -0.2) is 39.8 Å². The quantitative estimate of drug-likeness (QED) is 0.705. The van der Waals surface area contributed by atoms with Crippen molar-refractivity contribution in [2.75, 3.05) is 0 Å². The van der Waals surface area contributed by atoms with E-state index in [9.17, 15) is 19.8 Å². The highest BCUT2D eigenvalue weighted by molar-refractivity contribution is 5.80. The van der Waals surface area contributed by atoms with E-state index in [1.165, 1.54) is 0 Å². The van der Waals surface area contributed by atoms with Crippen LogP contribution in [0.4, 0.5) is 0 Å². The molecule has 5 heteroatoms. The summed E-state index contributed by atoms with van der Waals surface area (Å²) in [5.74, 6) is -0.864. The summed E-state index contributed by atoms with van der Waals surface area (Å²) in [5, 5.41) is 21.3. The van der Waals surface area contributed by atoms with Crippen molar-refractivity contribution in [3.8, 4) is 0 Å². The van der Waals surface area contributed by atoms with Crippen LogP contribution in [0.5, 0.6) is 0 Å². The zero-order valence-corrected chi connectivity index (χ0v) is 16.6. The molecule has 1 unspecified atom stereocenters. The average molecular weight is 357 g/mol. The van der Waals surface area contributed by atoms with Gasteiger partial charge in [0.2, 0.25) is 0 Å². The summed E-state index contributed by atoms with van der Waals surface area (Å²) in [6.07, 6.45) is 1.03. The first-order chi connectivity index (χ1) is 11.5. The smallest absolute Gasteiger partial charge is 0.311 e. The van der Waals surface area contributed by atoms with E-state index in [1.807, 2.05) is 20.8 Å². The maximum absolute atomic E-state index is 12.4. The molecule has 0 amide bonds. The number of aliphatic hydroxyl groups excluding tert-OH is 1. The molecule has 0 saturated carbocycles. The second-order valence-electron chi connectivity index (χ2n) is 8.39. The Hall–Kier alpha value is -0.940. The fourth-order valence-corrected chi connectivity index (χ4v) is 3.92. The largest absolute Gasteiger partial charge is 0.459 e. The van der Waals surface area contributed by atoms with Crippen LogP contribution >= 0.6 is 0 Å². The number of hydrogen-bond donors (Lipinski definition) is 2. The molecule has 146 valence electrons. The Labute approximate surface area is 152 Å². The van der Waals surface area contributed by atoms with Crippen molar-refractivity contribution in [3.05, 3.63) is 0 Å². The Morgan fingerprint density at radius 2 is 1.76 bits per heavy atom. The normalized spacial score (nSPS) is 42.6. The van der Waals surface area contributed by atoms with E-state index in [0.717, 1.165) is 12.8 Å². The lowest BCUT2D eigenvalue weighted by Gasteiger charge is -2.34. The third-order valence-corrected chi connectivity index (χ3v) is 5.75.